The summed E-state index contributed by atoms with van der Waals surface area (Å²) < 4.78 is 0. The number of thiophene rings is 1. The van der Waals surface area contributed by atoms with Crippen molar-refractivity contribution >= 4 is 39.2 Å². The first-order valence-electron chi connectivity index (χ1n) is 9.47. The molecule has 0 aromatic carbocycles. The first-order valence-corrected chi connectivity index (χ1v) is 10.3. The molecule has 0 saturated heterocycles. The highest BCUT2D eigenvalue weighted by atomic mass is 32.1. The van der Waals surface area contributed by atoms with Crippen LogP contribution in [0.2, 0.25) is 0 Å². The summed E-state index contributed by atoms with van der Waals surface area (Å²) in [6.07, 6.45) is 11.4. The van der Waals surface area contributed by atoms with Crippen LogP contribution in [-0.4, -0.2) is 21.8 Å². The first-order chi connectivity index (χ1) is 12.6. The van der Waals surface area contributed by atoms with Crippen molar-refractivity contribution in [3.8, 4) is 0 Å². The molecule has 4 rings (SSSR count). The highest BCUT2D eigenvalue weighted by Crippen LogP contribution is 2.40. The van der Waals surface area contributed by atoms with Crippen LogP contribution in [0.1, 0.15) is 55.9 Å². The van der Waals surface area contributed by atoms with Gasteiger partial charge in [0.25, 0.3) is 5.95 Å². The molecule has 7 heteroatoms. The predicted molar refractivity (Wildman–Crippen MR) is 109 cm³/mol. The number of aryl methyl sites for hydroxylation is 2. The molecule has 2 heterocycles. The van der Waals surface area contributed by atoms with Gasteiger partial charge in [0, 0.05) is 16.6 Å². The van der Waals surface area contributed by atoms with Crippen molar-refractivity contribution in [2.75, 3.05) is 5.32 Å². The number of hydrogen-bond donors (Lipinski definition) is 3. The van der Waals surface area contributed by atoms with E-state index in [4.69, 9.17) is 16.5 Å². The zero-order valence-electron chi connectivity index (χ0n) is 15.2. The normalized spacial score (nSPS) is 19.1. The van der Waals surface area contributed by atoms with Gasteiger partial charge in [-0.1, -0.05) is 19.3 Å². The second-order valence-electron chi connectivity index (χ2n) is 7.31. The molecule has 2 aromatic heterocycles. The number of aliphatic imine (C=N–C) groups is 1. The maximum absolute atomic E-state index is 5.95. The summed E-state index contributed by atoms with van der Waals surface area (Å²) in [5.74, 6) is 1.67. The summed E-state index contributed by atoms with van der Waals surface area (Å²) >= 11 is 1.78. The van der Waals surface area contributed by atoms with Crippen molar-refractivity contribution < 1.29 is 0 Å². The SMILES string of the molecule is C/C(N)=C/C(N)=N\c1nc(NC2CCCCC2)c2c3c(sc2n1)CCC3. The molecule has 0 aliphatic heterocycles. The van der Waals surface area contributed by atoms with E-state index in [1.54, 1.807) is 24.3 Å². The van der Waals surface area contributed by atoms with Gasteiger partial charge in [0.2, 0.25) is 0 Å². The summed E-state index contributed by atoms with van der Waals surface area (Å²) in [6, 6.07) is 0.485. The summed E-state index contributed by atoms with van der Waals surface area (Å²) in [5.41, 5.74) is 13.7. The van der Waals surface area contributed by atoms with Gasteiger partial charge in [0.05, 0.1) is 5.39 Å². The summed E-state index contributed by atoms with van der Waals surface area (Å²) in [5, 5.41) is 4.90. The average Bonchev–Trinajstić information content (AvgIpc) is 3.15. The van der Waals surface area contributed by atoms with Crippen LogP contribution in [0.5, 0.6) is 0 Å². The lowest BCUT2D eigenvalue weighted by Gasteiger charge is -2.23. The lowest BCUT2D eigenvalue weighted by atomic mass is 9.95. The third-order valence-corrected chi connectivity index (χ3v) is 6.29. The third kappa shape index (κ3) is 3.53. The lowest BCUT2D eigenvalue weighted by molar-refractivity contribution is 0.462. The Morgan fingerprint density at radius 3 is 2.73 bits per heavy atom. The van der Waals surface area contributed by atoms with Gasteiger partial charge >= 0.3 is 0 Å². The van der Waals surface area contributed by atoms with Crippen molar-refractivity contribution in [1.82, 2.24) is 9.97 Å². The number of nitrogens with one attached hydrogen (secondary N) is 1. The largest absolute Gasteiger partial charge is 0.402 e. The van der Waals surface area contributed by atoms with Gasteiger partial charge in [0.15, 0.2) is 0 Å². The van der Waals surface area contributed by atoms with E-state index < -0.39 is 0 Å². The highest BCUT2D eigenvalue weighted by Gasteiger charge is 2.24. The van der Waals surface area contributed by atoms with Crippen molar-refractivity contribution in [1.29, 1.82) is 0 Å². The van der Waals surface area contributed by atoms with E-state index in [0.717, 1.165) is 23.5 Å². The van der Waals surface area contributed by atoms with Gasteiger partial charge in [-0.3, -0.25) is 0 Å². The highest BCUT2D eigenvalue weighted by molar-refractivity contribution is 7.19. The van der Waals surface area contributed by atoms with E-state index >= 15 is 0 Å². The molecule has 1 saturated carbocycles. The Hall–Kier alpha value is -2.15. The molecule has 0 bridgehead atoms. The number of fused-ring (bicyclic) bond motifs is 3. The van der Waals surface area contributed by atoms with Crippen LogP contribution in [-0.2, 0) is 12.8 Å². The third-order valence-electron chi connectivity index (χ3n) is 5.10. The van der Waals surface area contributed by atoms with Gasteiger partial charge in [-0.15, -0.1) is 11.3 Å². The van der Waals surface area contributed by atoms with Crippen LogP contribution in [0.15, 0.2) is 16.8 Å². The fourth-order valence-corrected chi connectivity index (χ4v) is 5.22. The number of rotatable bonds is 4. The zero-order chi connectivity index (χ0) is 18.1. The quantitative estimate of drug-likeness (QED) is 0.561. The Kier molecular flexibility index (Phi) is 4.80. The molecule has 0 unspecified atom stereocenters. The molecule has 0 spiro atoms. The van der Waals surface area contributed by atoms with Crippen LogP contribution in [0, 0.1) is 0 Å². The van der Waals surface area contributed by atoms with E-state index in [-0.39, 0.29) is 0 Å². The molecule has 2 aromatic rings. The van der Waals surface area contributed by atoms with Crippen LogP contribution in [0.25, 0.3) is 10.2 Å². The minimum Gasteiger partial charge on any atom is -0.402 e. The molecular weight excluding hydrogens is 344 g/mol. The number of amidine groups is 1. The van der Waals surface area contributed by atoms with Crippen LogP contribution in [0.4, 0.5) is 11.8 Å². The zero-order valence-corrected chi connectivity index (χ0v) is 16.0. The van der Waals surface area contributed by atoms with Crippen LogP contribution >= 0.6 is 11.3 Å². The molecule has 0 atom stereocenters. The fourth-order valence-electron chi connectivity index (χ4n) is 3.96. The van der Waals surface area contributed by atoms with Crippen molar-refractivity contribution in [3.05, 3.63) is 22.2 Å². The van der Waals surface area contributed by atoms with Gasteiger partial charge < -0.3 is 16.8 Å². The van der Waals surface area contributed by atoms with Gasteiger partial charge in [-0.25, -0.2) is 0 Å². The van der Waals surface area contributed by atoms with Crippen molar-refractivity contribution in [2.45, 2.75) is 64.3 Å². The fraction of sp³-hybridized carbons (Fsp3) is 0.526. The Bertz CT molecular complexity index is 872. The topological polar surface area (TPSA) is 102 Å². The van der Waals surface area contributed by atoms with Gasteiger partial charge in [0.1, 0.15) is 16.5 Å². The first kappa shape index (κ1) is 17.3. The molecule has 26 heavy (non-hydrogen) atoms. The smallest absolute Gasteiger partial charge is 0.254 e. The molecule has 5 N–H and O–H groups in total. The Morgan fingerprint density at radius 2 is 1.96 bits per heavy atom. The van der Waals surface area contributed by atoms with Crippen LogP contribution in [0.3, 0.4) is 0 Å². The Balaban J connectivity index is 1.76. The van der Waals surface area contributed by atoms with E-state index in [9.17, 15) is 0 Å². The second-order valence-corrected chi connectivity index (χ2v) is 8.40. The molecule has 2 aliphatic rings. The molecule has 0 amide bonds. The van der Waals surface area contributed by atoms with E-state index in [0.29, 0.717) is 23.5 Å². The summed E-state index contributed by atoms with van der Waals surface area (Å²) in [6.45, 7) is 1.78. The molecule has 138 valence electrons. The molecule has 2 aliphatic carbocycles. The van der Waals surface area contributed by atoms with Crippen LogP contribution < -0.4 is 16.8 Å². The van der Waals surface area contributed by atoms with E-state index in [1.807, 2.05) is 0 Å². The van der Waals surface area contributed by atoms with Crippen molar-refractivity contribution in [3.63, 3.8) is 0 Å². The second kappa shape index (κ2) is 7.23. The molecule has 6 nitrogen and oxygen atoms in total. The lowest BCUT2D eigenvalue weighted by Crippen LogP contribution is -2.23. The maximum Gasteiger partial charge on any atom is 0.254 e. The number of anilines is 1. The van der Waals surface area contributed by atoms with Crippen molar-refractivity contribution in [2.24, 2.45) is 16.5 Å². The summed E-state index contributed by atoms with van der Waals surface area (Å²) in [7, 11) is 0. The molecular formula is C19H26N6S. The standard InChI is InChI=1S/C19H26N6S/c1-11(20)10-15(21)23-19-24-17(22-12-6-3-2-4-7-12)16-13-8-5-9-14(13)26-18(16)25-19/h10,12H,2-9,20H2,1H3,(H3,21,22,23,24,25)/b11-10-. The molecule has 0 radical (unpaired) electrons. The molecule has 1 fully saturated rings. The van der Waals surface area contributed by atoms with Gasteiger partial charge in [-0.2, -0.15) is 15.0 Å². The minimum absolute atomic E-state index is 0.331. The Morgan fingerprint density at radius 1 is 1.15 bits per heavy atom. The number of nitrogens with two attached hydrogens (primary N) is 2. The monoisotopic (exact) mass is 370 g/mol. The predicted octanol–water partition coefficient (Wildman–Crippen LogP) is 3.78. The number of aromatic nitrogens is 2. The Labute approximate surface area is 157 Å². The van der Waals surface area contributed by atoms with Gasteiger partial charge in [-0.05, 0) is 50.7 Å². The number of hydrogen-bond acceptors (Lipinski definition) is 6. The number of nitrogens with zero attached hydrogens (tertiary/aromatic N) is 3. The maximum atomic E-state index is 5.95. The average molecular weight is 371 g/mol. The number of allylic oxidation sites excluding steroid dienone is 1. The van der Waals surface area contributed by atoms with E-state index in [2.05, 4.69) is 15.3 Å². The summed E-state index contributed by atoms with van der Waals surface area (Å²) in [4.78, 5) is 16.2. The minimum atomic E-state index is 0.331. The van der Waals surface area contributed by atoms with E-state index in [1.165, 1.54) is 54.4 Å².